The van der Waals surface area contributed by atoms with Crippen LogP contribution < -0.4 is 5.32 Å². The van der Waals surface area contributed by atoms with Crippen LogP contribution in [0.25, 0.3) is 10.2 Å². The maximum absolute atomic E-state index is 12.8. The molecule has 1 aliphatic carbocycles. The summed E-state index contributed by atoms with van der Waals surface area (Å²) in [4.78, 5) is 17.6. The number of carbonyl (C=O) groups excluding carboxylic acids is 1. The normalized spacial score (nSPS) is 21.8. The minimum absolute atomic E-state index is 0.0458. The van der Waals surface area contributed by atoms with Crippen molar-refractivity contribution in [2.75, 3.05) is 6.61 Å². The second-order valence-electron chi connectivity index (χ2n) is 6.30. The molecule has 1 aromatic carbocycles. The monoisotopic (exact) mass is 344 g/mol. The first-order valence-corrected chi connectivity index (χ1v) is 9.46. The quantitative estimate of drug-likeness (QED) is 0.787. The summed E-state index contributed by atoms with van der Waals surface area (Å²) in [6, 6.07) is 8.17. The van der Waals surface area contributed by atoms with Gasteiger partial charge in [-0.2, -0.15) is 0 Å². The summed E-state index contributed by atoms with van der Waals surface area (Å²) in [6.07, 6.45) is 7.31. The minimum Gasteiger partial charge on any atom is -0.396 e. The van der Waals surface area contributed by atoms with Crippen molar-refractivity contribution in [1.29, 1.82) is 0 Å². The number of aliphatic hydroxyl groups excluding tert-OH is 1. The smallest absolute Gasteiger partial charge is 0.224 e. The molecule has 3 atom stereocenters. The van der Waals surface area contributed by atoms with Gasteiger partial charge in [-0.15, -0.1) is 11.3 Å². The molecular formula is C19H24N2O2S. The highest BCUT2D eigenvalue weighted by atomic mass is 32.1. The third-order valence-electron chi connectivity index (χ3n) is 4.71. The van der Waals surface area contributed by atoms with Crippen LogP contribution in [0.15, 0.2) is 36.4 Å². The summed E-state index contributed by atoms with van der Waals surface area (Å²) in [7, 11) is 0. The molecule has 1 amide bonds. The maximum atomic E-state index is 12.8. The van der Waals surface area contributed by atoms with Crippen molar-refractivity contribution in [3.05, 3.63) is 41.4 Å². The highest BCUT2D eigenvalue weighted by molar-refractivity contribution is 7.18. The number of para-hydroxylation sites is 1. The maximum Gasteiger partial charge on any atom is 0.224 e. The van der Waals surface area contributed by atoms with E-state index < -0.39 is 0 Å². The zero-order valence-corrected chi connectivity index (χ0v) is 14.8. The number of nitrogens with one attached hydrogen (secondary N) is 1. The van der Waals surface area contributed by atoms with Crippen molar-refractivity contribution in [3.63, 3.8) is 0 Å². The zero-order valence-electron chi connectivity index (χ0n) is 13.9. The largest absolute Gasteiger partial charge is 0.396 e. The van der Waals surface area contributed by atoms with E-state index in [0.29, 0.717) is 6.42 Å². The van der Waals surface area contributed by atoms with Crippen molar-refractivity contribution in [2.45, 2.75) is 44.6 Å². The van der Waals surface area contributed by atoms with Gasteiger partial charge in [0.1, 0.15) is 0 Å². The first kappa shape index (κ1) is 17.1. The molecule has 24 heavy (non-hydrogen) atoms. The Balaban J connectivity index is 1.80. The molecule has 1 heterocycles. The zero-order chi connectivity index (χ0) is 16.9. The van der Waals surface area contributed by atoms with E-state index in [4.69, 9.17) is 10.1 Å². The minimum atomic E-state index is -0.0803. The summed E-state index contributed by atoms with van der Waals surface area (Å²) in [5.74, 6) is 0.145. The molecule has 3 unspecified atom stereocenters. The van der Waals surface area contributed by atoms with E-state index in [9.17, 15) is 4.79 Å². The number of allylic oxidation sites excluding steroid dienone is 2. The summed E-state index contributed by atoms with van der Waals surface area (Å²) < 4.78 is 1.17. The van der Waals surface area contributed by atoms with E-state index >= 15 is 0 Å². The molecule has 0 aliphatic heterocycles. The molecular weight excluding hydrogens is 320 g/mol. The standard InChI is InChI=1S/C19H24N2O2S/c1-2-13(11-12-22)20-18(23)14-7-3-4-8-15(14)19-21-16-9-5-6-10-17(16)24-19/h3-6,9-10,13-15,22H,2,7-8,11-12H2,1H3,(H,20,23). The molecule has 0 bridgehead atoms. The lowest BCUT2D eigenvalue weighted by Gasteiger charge is -2.28. The Hall–Kier alpha value is -1.72. The summed E-state index contributed by atoms with van der Waals surface area (Å²) in [5, 5.41) is 13.3. The molecule has 3 rings (SSSR count). The number of thiazole rings is 1. The van der Waals surface area contributed by atoms with Gasteiger partial charge < -0.3 is 10.4 Å². The third-order valence-corrected chi connectivity index (χ3v) is 5.88. The van der Waals surface area contributed by atoms with Crippen LogP contribution >= 0.6 is 11.3 Å². The number of aliphatic hydroxyl groups is 1. The third kappa shape index (κ3) is 3.68. The van der Waals surface area contributed by atoms with Crippen molar-refractivity contribution < 1.29 is 9.90 Å². The van der Waals surface area contributed by atoms with Gasteiger partial charge in [-0.25, -0.2) is 4.98 Å². The first-order valence-electron chi connectivity index (χ1n) is 8.64. The number of rotatable bonds is 6. The fourth-order valence-corrected chi connectivity index (χ4v) is 4.41. The number of carbonyl (C=O) groups is 1. The second kappa shape index (κ2) is 7.90. The first-order chi connectivity index (χ1) is 11.7. The molecule has 2 N–H and O–H groups in total. The fourth-order valence-electron chi connectivity index (χ4n) is 3.27. The van der Waals surface area contributed by atoms with Crippen molar-refractivity contribution in [1.82, 2.24) is 10.3 Å². The van der Waals surface area contributed by atoms with Gasteiger partial charge in [-0.3, -0.25) is 4.79 Å². The second-order valence-corrected chi connectivity index (χ2v) is 7.36. The van der Waals surface area contributed by atoms with Crippen LogP contribution in [0.5, 0.6) is 0 Å². The highest BCUT2D eigenvalue weighted by Gasteiger charge is 2.32. The molecule has 0 fully saturated rings. The van der Waals surface area contributed by atoms with E-state index in [-0.39, 0.29) is 30.4 Å². The average molecular weight is 344 g/mol. The number of hydrogen-bond acceptors (Lipinski definition) is 4. The number of benzene rings is 1. The van der Waals surface area contributed by atoms with Crippen LogP contribution in [0.4, 0.5) is 0 Å². The molecule has 1 aliphatic rings. The summed E-state index contributed by atoms with van der Waals surface area (Å²) in [5.41, 5.74) is 1.01. The van der Waals surface area contributed by atoms with Gasteiger partial charge in [0.05, 0.1) is 21.1 Å². The Labute approximate surface area is 146 Å². The number of amides is 1. The van der Waals surface area contributed by atoms with Crippen LogP contribution in [0.2, 0.25) is 0 Å². The molecule has 0 saturated carbocycles. The predicted molar refractivity (Wildman–Crippen MR) is 98.1 cm³/mol. The molecule has 0 spiro atoms. The number of fused-ring (bicyclic) bond motifs is 1. The van der Waals surface area contributed by atoms with Crippen molar-refractivity contribution in [2.24, 2.45) is 5.92 Å². The molecule has 0 radical (unpaired) electrons. The predicted octanol–water partition coefficient (Wildman–Crippen LogP) is 3.62. The molecule has 0 saturated heterocycles. The van der Waals surface area contributed by atoms with Gasteiger partial charge in [0, 0.05) is 18.6 Å². The molecule has 4 nitrogen and oxygen atoms in total. The number of hydrogen-bond donors (Lipinski definition) is 2. The summed E-state index contributed by atoms with van der Waals surface area (Å²) >= 11 is 1.69. The van der Waals surface area contributed by atoms with Gasteiger partial charge in [0.2, 0.25) is 5.91 Å². The summed E-state index contributed by atoms with van der Waals surface area (Å²) in [6.45, 7) is 2.14. The van der Waals surface area contributed by atoms with Gasteiger partial charge >= 0.3 is 0 Å². The van der Waals surface area contributed by atoms with E-state index in [1.165, 1.54) is 4.70 Å². The van der Waals surface area contributed by atoms with Gasteiger partial charge in [0.25, 0.3) is 0 Å². The average Bonchev–Trinajstić information content (AvgIpc) is 3.05. The Morgan fingerprint density at radius 2 is 2.17 bits per heavy atom. The molecule has 1 aromatic heterocycles. The van der Waals surface area contributed by atoms with Gasteiger partial charge in [0.15, 0.2) is 0 Å². The number of aromatic nitrogens is 1. The highest BCUT2D eigenvalue weighted by Crippen LogP contribution is 2.38. The van der Waals surface area contributed by atoms with E-state index in [2.05, 4.69) is 23.5 Å². The van der Waals surface area contributed by atoms with Crippen LogP contribution in [0, 0.1) is 5.92 Å². The fraction of sp³-hybridized carbons (Fsp3) is 0.474. The Morgan fingerprint density at radius 1 is 1.38 bits per heavy atom. The Bertz CT molecular complexity index is 692. The van der Waals surface area contributed by atoms with Crippen LogP contribution in [-0.2, 0) is 4.79 Å². The number of nitrogens with zero attached hydrogens (tertiary/aromatic N) is 1. The van der Waals surface area contributed by atoms with Crippen LogP contribution in [0.3, 0.4) is 0 Å². The lowest BCUT2D eigenvalue weighted by Crippen LogP contribution is -2.41. The lowest BCUT2D eigenvalue weighted by atomic mass is 9.82. The Kier molecular flexibility index (Phi) is 5.63. The van der Waals surface area contributed by atoms with Crippen LogP contribution in [-0.4, -0.2) is 28.6 Å². The van der Waals surface area contributed by atoms with Crippen LogP contribution in [0.1, 0.15) is 43.5 Å². The van der Waals surface area contributed by atoms with Gasteiger partial charge in [-0.05, 0) is 37.8 Å². The van der Waals surface area contributed by atoms with Gasteiger partial charge in [-0.1, -0.05) is 31.2 Å². The molecule has 5 heteroatoms. The Morgan fingerprint density at radius 3 is 2.92 bits per heavy atom. The molecule has 128 valence electrons. The SMILES string of the molecule is CCC(CCO)NC(=O)C1CC=CCC1c1nc2ccccc2s1. The molecule has 2 aromatic rings. The van der Waals surface area contributed by atoms with E-state index in [0.717, 1.165) is 29.8 Å². The van der Waals surface area contributed by atoms with E-state index in [1.54, 1.807) is 11.3 Å². The van der Waals surface area contributed by atoms with Crippen molar-refractivity contribution in [3.8, 4) is 0 Å². The lowest BCUT2D eigenvalue weighted by molar-refractivity contribution is -0.126. The van der Waals surface area contributed by atoms with Crippen molar-refractivity contribution >= 4 is 27.5 Å². The van der Waals surface area contributed by atoms with E-state index in [1.807, 2.05) is 25.1 Å². The topological polar surface area (TPSA) is 62.2 Å².